The quantitative estimate of drug-likeness (QED) is 0.730. The third-order valence-electron chi connectivity index (χ3n) is 1.61. The molecule has 0 aromatic heterocycles. The highest BCUT2D eigenvalue weighted by Crippen LogP contribution is 2.11. The van der Waals surface area contributed by atoms with Gasteiger partial charge in [0.15, 0.2) is 0 Å². The number of hydrogen-bond acceptors (Lipinski definition) is 5. The SMILES string of the molecule is O=C(c1ccccc1)N(S(=O)(=O)O)S(=O)(=O)O. The molecule has 0 spiro atoms. The Balaban J connectivity index is 3.34. The summed E-state index contributed by atoms with van der Waals surface area (Å²) in [5, 5.41) is 0. The molecule has 0 aliphatic carbocycles. The Morgan fingerprint density at radius 3 is 1.71 bits per heavy atom. The van der Waals surface area contributed by atoms with Gasteiger partial charge < -0.3 is 0 Å². The average Bonchev–Trinajstić information content (AvgIpc) is 2.14. The van der Waals surface area contributed by atoms with Crippen LogP contribution < -0.4 is 0 Å². The second-order valence-corrected chi connectivity index (χ2v) is 5.58. The molecule has 8 nitrogen and oxygen atoms in total. The van der Waals surface area contributed by atoms with E-state index in [4.69, 9.17) is 9.11 Å². The van der Waals surface area contributed by atoms with Crippen molar-refractivity contribution in [3.8, 4) is 0 Å². The lowest BCUT2D eigenvalue weighted by molar-refractivity contribution is 0.0910. The number of rotatable bonds is 3. The number of amides is 1. The van der Waals surface area contributed by atoms with Crippen molar-refractivity contribution in [1.29, 1.82) is 0 Å². The maximum Gasteiger partial charge on any atom is 0.377 e. The van der Waals surface area contributed by atoms with E-state index in [0.29, 0.717) is 0 Å². The minimum atomic E-state index is -5.42. The van der Waals surface area contributed by atoms with E-state index in [2.05, 4.69) is 0 Å². The van der Waals surface area contributed by atoms with Crippen LogP contribution in [0.25, 0.3) is 0 Å². The fourth-order valence-corrected chi connectivity index (χ4v) is 2.60. The Kier molecular flexibility index (Phi) is 3.52. The average molecular weight is 281 g/mol. The number of carbonyl (C=O) groups excluding carboxylic acids is 1. The monoisotopic (exact) mass is 281 g/mol. The molecule has 10 heteroatoms. The first-order valence-corrected chi connectivity index (χ1v) is 6.78. The van der Waals surface area contributed by atoms with Gasteiger partial charge in [0, 0.05) is 5.56 Å². The van der Waals surface area contributed by atoms with Crippen molar-refractivity contribution in [2.24, 2.45) is 0 Å². The summed E-state index contributed by atoms with van der Waals surface area (Å²) < 4.78 is 59.0. The normalized spacial score (nSPS) is 12.1. The van der Waals surface area contributed by atoms with Crippen LogP contribution >= 0.6 is 0 Å². The molecule has 0 heterocycles. The second kappa shape index (κ2) is 4.41. The highest BCUT2D eigenvalue weighted by molar-refractivity contribution is 7.99. The van der Waals surface area contributed by atoms with E-state index in [-0.39, 0.29) is 5.56 Å². The predicted molar refractivity (Wildman–Crippen MR) is 55.7 cm³/mol. The molecule has 0 unspecified atom stereocenters. The lowest BCUT2D eigenvalue weighted by Gasteiger charge is -2.14. The zero-order valence-corrected chi connectivity index (χ0v) is 9.72. The maximum absolute atomic E-state index is 11.5. The maximum atomic E-state index is 11.5. The molecule has 0 bridgehead atoms. The summed E-state index contributed by atoms with van der Waals surface area (Å²) in [5.41, 5.74) is -0.331. The van der Waals surface area contributed by atoms with Gasteiger partial charge in [0.1, 0.15) is 0 Å². The van der Waals surface area contributed by atoms with Gasteiger partial charge in [0.25, 0.3) is 5.91 Å². The summed E-state index contributed by atoms with van der Waals surface area (Å²) in [4.78, 5) is 11.5. The number of carbonyl (C=O) groups is 1. The molecule has 0 aliphatic rings. The first kappa shape index (κ1) is 13.6. The van der Waals surface area contributed by atoms with E-state index in [1.165, 1.54) is 18.2 Å². The Bertz CT molecular complexity index is 587. The molecule has 2 N–H and O–H groups in total. The Hall–Kier alpha value is -1.49. The first-order valence-electron chi connectivity index (χ1n) is 3.99. The lowest BCUT2D eigenvalue weighted by Crippen LogP contribution is -2.40. The number of benzene rings is 1. The third-order valence-corrected chi connectivity index (χ3v) is 3.91. The highest BCUT2D eigenvalue weighted by atomic mass is 32.3. The topological polar surface area (TPSA) is 129 Å². The van der Waals surface area contributed by atoms with Crippen LogP contribution in [0.2, 0.25) is 0 Å². The molecule has 1 aromatic rings. The van der Waals surface area contributed by atoms with Crippen LogP contribution in [-0.2, 0) is 20.6 Å². The molecule has 94 valence electrons. The third kappa shape index (κ3) is 3.23. The molecule has 1 rings (SSSR count). The Labute approximate surface area is 97.2 Å². The smallest absolute Gasteiger partial charge is 0.268 e. The molecular weight excluding hydrogens is 274 g/mol. The fourth-order valence-electron chi connectivity index (χ4n) is 1.01. The van der Waals surface area contributed by atoms with E-state index in [1.807, 2.05) is 0 Å². The molecule has 0 atom stereocenters. The van der Waals surface area contributed by atoms with Crippen LogP contribution in [0, 0.1) is 0 Å². The molecule has 0 radical (unpaired) electrons. The van der Waals surface area contributed by atoms with Gasteiger partial charge in [-0.3, -0.25) is 13.9 Å². The number of hydrogen-bond donors (Lipinski definition) is 2. The minimum absolute atomic E-state index is 0.331. The molecule has 1 aromatic carbocycles. The number of nitrogens with zero attached hydrogens (tertiary/aromatic N) is 1. The summed E-state index contributed by atoms with van der Waals surface area (Å²) in [7, 11) is -10.8. The van der Waals surface area contributed by atoms with Crippen LogP contribution in [0.4, 0.5) is 0 Å². The van der Waals surface area contributed by atoms with Crippen LogP contribution in [-0.4, -0.2) is 35.6 Å². The van der Waals surface area contributed by atoms with E-state index < -0.39 is 30.2 Å². The van der Waals surface area contributed by atoms with Gasteiger partial charge >= 0.3 is 20.6 Å². The predicted octanol–water partition coefficient (Wildman–Crippen LogP) is -0.266. The standard InChI is InChI=1S/C7H7NO7S2/c9-7(6-4-2-1-3-5-6)8(16(10,11)12)17(13,14)15/h1-5H,(H,10,11,12)(H,13,14,15). The van der Waals surface area contributed by atoms with Crippen molar-refractivity contribution >= 4 is 26.5 Å². The summed E-state index contributed by atoms with van der Waals surface area (Å²) in [6.45, 7) is 0. The molecule has 0 fully saturated rings. The van der Waals surface area contributed by atoms with E-state index in [9.17, 15) is 21.6 Å². The van der Waals surface area contributed by atoms with Crippen molar-refractivity contribution in [3.05, 3.63) is 35.9 Å². The van der Waals surface area contributed by atoms with Gasteiger partial charge in [-0.1, -0.05) is 21.9 Å². The van der Waals surface area contributed by atoms with Gasteiger partial charge in [-0.2, -0.15) is 16.8 Å². The van der Waals surface area contributed by atoms with Gasteiger partial charge in [-0.25, -0.2) is 0 Å². The summed E-state index contributed by atoms with van der Waals surface area (Å²) >= 11 is 0. The fraction of sp³-hybridized carbons (Fsp3) is 0. The van der Waals surface area contributed by atoms with Gasteiger partial charge in [-0.05, 0) is 12.1 Å². The van der Waals surface area contributed by atoms with Crippen LogP contribution in [0.5, 0.6) is 0 Å². The molecule has 0 saturated carbocycles. The van der Waals surface area contributed by atoms with Crippen molar-refractivity contribution in [2.45, 2.75) is 0 Å². The van der Waals surface area contributed by atoms with Crippen molar-refractivity contribution in [1.82, 2.24) is 3.71 Å². The first-order chi connectivity index (χ1) is 7.64. The van der Waals surface area contributed by atoms with E-state index in [0.717, 1.165) is 12.1 Å². The Morgan fingerprint density at radius 1 is 0.941 bits per heavy atom. The van der Waals surface area contributed by atoms with Crippen molar-refractivity contribution in [3.63, 3.8) is 0 Å². The van der Waals surface area contributed by atoms with E-state index >= 15 is 0 Å². The molecule has 0 aliphatic heterocycles. The van der Waals surface area contributed by atoms with Crippen LogP contribution in [0.15, 0.2) is 30.3 Å². The van der Waals surface area contributed by atoms with Crippen molar-refractivity contribution < 1.29 is 30.7 Å². The largest absolute Gasteiger partial charge is 0.377 e. The van der Waals surface area contributed by atoms with Gasteiger partial charge in [0.05, 0.1) is 0 Å². The van der Waals surface area contributed by atoms with E-state index in [1.54, 1.807) is 0 Å². The molecule has 0 saturated heterocycles. The minimum Gasteiger partial charge on any atom is -0.268 e. The Morgan fingerprint density at radius 2 is 1.35 bits per heavy atom. The zero-order chi connectivity index (χ0) is 13.3. The van der Waals surface area contributed by atoms with Gasteiger partial charge in [0.2, 0.25) is 0 Å². The highest BCUT2D eigenvalue weighted by Gasteiger charge is 2.37. The summed E-state index contributed by atoms with van der Waals surface area (Å²) in [6.07, 6.45) is 0. The molecule has 1 amide bonds. The van der Waals surface area contributed by atoms with Crippen molar-refractivity contribution in [2.75, 3.05) is 0 Å². The van der Waals surface area contributed by atoms with Crippen LogP contribution in [0.1, 0.15) is 10.4 Å². The summed E-state index contributed by atoms with van der Waals surface area (Å²) in [5.74, 6) is -1.59. The molecular formula is C7H7NO7S2. The lowest BCUT2D eigenvalue weighted by atomic mass is 10.2. The molecule has 17 heavy (non-hydrogen) atoms. The summed E-state index contributed by atoms with van der Waals surface area (Å²) in [6, 6.07) is 6.43. The second-order valence-electron chi connectivity index (χ2n) is 2.82. The zero-order valence-electron chi connectivity index (χ0n) is 8.09. The van der Waals surface area contributed by atoms with Gasteiger partial charge in [-0.15, -0.1) is 0 Å². The van der Waals surface area contributed by atoms with Crippen LogP contribution in [0.3, 0.4) is 0 Å².